The van der Waals surface area contributed by atoms with E-state index in [9.17, 15) is 9.59 Å². The van der Waals surface area contributed by atoms with Crippen LogP contribution in [0.2, 0.25) is 0 Å². The molecule has 0 radical (unpaired) electrons. The average molecular weight is 272 g/mol. The van der Waals surface area contributed by atoms with Gasteiger partial charge in [0, 0.05) is 18.3 Å². The molecule has 0 spiro atoms. The molecule has 1 fully saturated rings. The van der Waals surface area contributed by atoms with E-state index in [0.717, 1.165) is 17.4 Å². The van der Waals surface area contributed by atoms with Crippen LogP contribution in [0.3, 0.4) is 0 Å². The maximum absolute atomic E-state index is 12.3. The summed E-state index contributed by atoms with van der Waals surface area (Å²) in [5, 5.41) is 12.8. The van der Waals surface area contributed by atoms with Gasteiger partial charge in [-0.2, -0.15) is 5.26 Å². The Kier molecular flexibility index (Phi) is 2.79. The smallest absolute Gasteiger partial charge is 0.331 e. The zero-order valence-electron chi connectivity index (χ0n) is 10.9. The summed E-state index contributed by atoms with van der Waals surface area (Å²) in [6.07, 6.45) is 3.14. The fourth-order valence-electron chi connectivity index (χ4n) is 2.11. The summed E-state index contributed by atoms with van der Waals surface area (Å²) in [6, 6.07) is 3.60. The summed E-state index contributed by atoms with van der Waals surface area (Å²) < 4.78 is 7.42. The van der Waals surface area contributed by atoms with Crippen LogP contribution >= 0.6 is 0 Å². The van der Waals surface area contributed by atoms with Crippen molar-refractivity contribution in [2.75, 3.05) is 0 Å². The maximum Gasteiger partial charge on any atom is 0.331 e. The molecule has 20 heavy (non-hydrogen) atoms. The fraction of sp³-hybridized carbons (Fsp3) is 0.385. The second-order valence-electron chi connectivity index (χ2n) is 4.90. The van der Waals surface area contributed by atoms with Crippen LogP contribution in [0, 0.1) is 18.3 Å². The van der Waals surface area contributed by atoms with Gasteiger partial charge in [-0.3, -0.25) is 13.9 Å². The predicted octanol–water partition coefficient (Wildman–Crippen LogP) is 0.561. The zero-order chi connectivity index (χ0) is 14.3. The molecular formula is C13H12N4O3. The van der Waals surface area contributed by atoms with E-state index < -0.39 is 11.2 Å². The normalized spacial score (nSPS) is 14.2. The van der Waals surface area contributed by atoms with E-state index in [1.807, 2.05) is 6.07 Å². The molecule has 3 rings (SSSR count). The van der Waals surface area contributed by atoms with Crippen molar-refractivity contribution in [3.05, 3.63) is 50.1 Å². The van der Waals surface area contributed by atoms with Crippen molar-refractivity contribution in [1.82, 2.24) is 14.3 Å². The zero-order valence-corrected chi connectivity index (χ0v) is 10.9. The summed E-state index contributed by atoms with van der Waals surface area (Å²) in [5.41, 5.74) is -0.539. The SMILES string of the molecule is Cc1cc(Cn2c(=O)c(C#N)cn(C3CC3)c2=O)no1. The third-order valence-corrected chi connectivity index (χ3v) is 3.25. The molecule has 7 nitrogen and oxygen atoms in total. The van der Waals surface area contributed by atoms with Gasteiger partial charge in [-0.15, -0.1) is 0 Å². The summed E-state index contributed by atoms with van der Waals surface area (Å²) in [5.74, 6) is 0.604. The number of rotatable bonds is 3. The lowest BCUT2D eigenvalue weighted by atomic mass is 10.3. The number of aromatic nitrogens is 3. The molecule has 0 unspecified atom stereocenters. The molecule has 2 aromatic rings. The monoisotopic (exact) mass is 272 g/mol. The van der Waals surface area contributed by atoms with E-state index in [0.29, 0.717) is 11.5 Å². The molecule has 0 amide bonds. The van der Waals surface area contributed by atoms with Crippen molar-refractivity contribution >= 4 is 0 Å². The molecule has 0 bridgehead atoms. The second kappa shape index (κ2) is 4.49. The molecule has 0 N–H and O–H groups in total. The number of hydrogen-bond donors (Lipinski definition) is 0. The van der Waals surface area contributed by atoms with Gasteiger partial charge in [0.1, 0.15) is 23.1 Å². The van der Waals surface area contributed by atoms with E-state index in [1.54, 1.807) is 13.0 Å². The first kappa shape index (κ1) is 12.4. The van der Waals surface area contributed by atoms with Crippen LogP contribution in [-0.4, -0.2) is 14.3 Å². The lowest BCUT2D eigenvalue weighted by Gasteiger charge is -2.08. The van der Waals surface area contributed by atoms with Crippen LogP contribution in [-0.2, 0) is 6.54 Å². The first-order valence-corrected chi connectivity index (χ1v) is 6.28. The van der Waals surface area contributed by atoms with Crippen LogP contribution in [0.4, 0.5) is 0 Å². The van der Waals surface area contributed by atoms with Gasteiger partial charge in [0.2, 0.25) is 0 Å². The molecule has 1 aliphatic carbocycles. The Labute approximate surface area is 113 Å². The Bertz CT molecular complexity index is 817. The van der Waals surface area contributed by atoms with Gasteiger partial charge in [0.25, 0.3) is 5.56 Å². The Balaban J connectivity index is 2.13. The molecule has 0 aromatic carbocycles. The lowest BCUT2D eigenvalue weighted by Crippen LogP contribution is -2.41. The van der Waals surface area contributed by atoms with Crippen LogP contribution in [0.25, 0.3) is 0 Å². The van der Waals surface area contributed by atoms with Gasteiger partial charge in [-0.25, -0.2) is 4.79 Å². The highest BCUT2D eigenvalue weighted by Gasteiger charge is 2.27. The summed E-state index contributed by atoms with van der Waals surface area (Å²) >= 11 is 0. The highest BCUT2D eigenvalue weighted by molar-refractivity contribution is 5.23. The Morgan fingerprint density at radius 3 is 2.80 bits per heavy atom. The van der Waals surface area contributed by atoms with E-state index in [-0.39, 0.29) is 18.2 Å². The van der Waals surface area contributed by atoms with E-state index >= 15 is 0 Å². The van der Waals surface area contributed by atoms with Gasteiger partial charge in [0.05, 0.1) is 6.54 Å². The Hall–Kier alpha value is -2.62. The molecule has 1 aliphatic rings. The molecule has 0 atom stereocenters. The predicted molar refractivity (Wildman–Crippen MR) is 68.3 cm³/mol. The topological polar surface area (TPSA) is 93.8 Å². The maximum atomic E-state index is 12.3. The van der Waals surface area contributed by atoms with Crippen molar-refractivity contribution in [2.24, 2.45) is 0 Å². The van der Waals surface area contributed by atoms with Crippen LogP contribution in [0.1, 0.15) is 35.9 Å². The number of nitriles is 1. The summed E-state index contributed by atoms with van der Waals surface area (Å²) in [6.45, 7) is 1.74. The van der Waals surface area contributed by atoms with Gasteiger partial charge in [-0.1, -0.05) is 5.16 Å². The average Bonchev–Trinajstić information content (AvgIpc) is 3.18. The minimum Gasteiger partial charge on any atom is -0.361 e. The van der Waals surface area contributed by atoms with Gasteiger partial charge in [-0.05, 0) is 19.8 Å². The lowest BCUT2D eigenvalue weighted by molar-refractivity contribution is 0.387. The molecule has 2 aromatic heterocycles. The van der Waals surface area contributed by atoms with E-state index in [4.69, 9.17) is 9.78 Å². The molecule has 1 saturated carbocycles. The molecule has 102 valence electrons. The molecular weight excluding hydrogens is 260 g/mol. The third-order valence-electron chi connectivity index (χ3n) is 3.25. The number of hydrogen-bond acceptors (Lipinski definition) is 5. The van der Waals surface area contributed by atoms with Crippen LogP contribution in [0.5, 0.6) is 0 Å². The second-order valence-corrected chi connectivity index (χ2v) is 4.90. The molecule has 7 heteroatoms. The highest BCUT2D eigenvalue weighted by Crippen LogP contribution is 2.33. The Morgan fingerprint density at radius 1 is 1.50 bits per heavy atom. The third kappa shape index (κ3) is 2.05. The van der Waals surface area contributed by atoms with Crippen molar-refractivity contribution in [2.45, 2.75) is 32.4 Å². The standard InChI is InChI=1S/C13H12N4O3/c1-8-4-10(15-20-8)7-17-12(18)9(5-14)6-16(13(17)19)11-2-3-11/h4,6,11H,2-3,7H2,1H3. The summed E-state index contributed by atoms with van der Waals surface area (Å²) in [4.78, 5) is 24.4. The van der Waals surface area contributed by atoms with Gasteiger partial charge >= 0.3 is 5.69 Å². The molecule has 0 saturated heterocycles. The summed E-state index contributed by atoms with van der Waals surface area (Å²) in [7, 11) is 0. The van der Waals surface area contributed by atoms with Crippen molar-refractivity contribution in [3.8, 4) is 6.07 Å². The van der Waals surface area contributed by atoms with Crippen molar-refractivity contribution in [1.29, 1.82) is 5.26 Å². The Morgan fingerprint density at radius 2 is 2.25 bits per heavy atom. The fourth-order valence-corrected chi connectivity index (χ4v) is 2.11. The molecule has 0 aliphatic heterocycles. The van der Waals surface area contributed by atoms with Crippen LogP contribution in [0.15, 0.2) is 26.4 Å². The minimum absolute atomic E-state index is 0.0112. The number of nitrogens with zero attached hydrogens (tertiary/aromatic N) is 4. The molecule has 2 heterocycles. The highest BCUT2D eigenvalue weighted by atomic mass is 16.5. The van der Waals surface area contributed by atoms with Crippen LogP contribution < -0.4 is 11.2 Å². The van der Waals surface area contributed by atoms with Crippen molar-refractivity contribution in [3.63, 3.8) is 0 Å². The minimum atomic E-state index is -0.588. The number of aryl methyl sites for hydroxylation is 1. The van der Waals surface area contributed by atoms with E-state index in [1.165, 1.54) is 10.8 Å². The first-order valence-electron chi connectivity index (χ1n) is 6.28. The largest absolute Gasteiger partial charge is 0.361 e. The van der Waals surface area contributed by atoms with Crippen molar-refractivity contribution < 1.29 is 4.52 Å². The van der Waals surface area contributed by atoms with E-state index in [2.05, 4.69) is 5.16 Å². The van der Waals surface area contributed by atoms with Gasteiger partial charge in [0.15, 0.2) is 0 Å². The van der Waals surface area contributed by atoms with Gasteiger partial charge < -0.3 is 4.52 Å². The quantitative estimate of drug-likeness (QED) is 0.813. The first-order chi connectivity index (χ1) is 9.60.